The number of ether oxygens (including phenoxy) is 1. The summed E-state index contributed by atoms with van der Waals surface area (Å²) in [6, 6.07) is 13.4. The van der Waals surface area contributed by atoms with E-state index in [-0.39, 0.29) is 29.9 Å². The number of aliphatic imine (C=N–C) groups is 1. The Hall–Kier alpha value is -2.36. The van der Waals surface area contributed by atoms with Crippen LogP contribution in [0.4, 0.5) is 0 Å². The molecule has 0 bridgehead atoms. The van der Waals surface area contributed by atoms with Crippen LogP contribution in [0.2, 0.25) is 0 Å². The lowest BCUT2D eigenvalue weighted by molar-refractivity contribution is 0.0827. The van der Waals surface area contributed by atoms with Crippen molar-refractivity contribution < 1.29 is 9.53 Å². The van der Waals surface area contributed by atoms with E-state index in [0.717, 1.165) is 30.2 Å². The first kappa shape index (κ1) is 24.7. The predicted octanol–water partition coefficient (Wildman–Crippen LogP) is 2.71. The first-order valence-corrected chi connectivity index (χ1v) is 9.36. The Labute approximate surface area is 190 Å². The lowest BCUT2D eigenvalue weighted by Gasteiger charge is -2.13. The van der Waals surface area contributed by atoms with Crippen molar-refractivity contribution in [1.29, 1.82) is 0 Å². The van der Waals surface area contributed by atoms with E-state index in [1.54, 1.807) is 26.1 Å². The van der Waals surface area contributed by atoms with Crippen molar-refractivity contribution in [3.8, 4) is 5.88 Å². The molecule has 0 fully saturated rings. The molecule has 0 unspecified atom stereocenters. The SMILES string of the molecule is CCNC(=NCc1cccc(OC)n1)NCCc1cccc(C(=O)N(C)C)c1.I. The van der Waals surface area contributed by atoms with Crippen molar-refractivity contribution >= 4 is 35.8 Å². The molecule has 8 heteroatoms. The van der Waals surface area contributed by atoms with Crippen LogP contribution in [0.3, 0.4) is 0 Å². The van der Waals surface area contributed by atoms with Gasteiger partial charge in [-0.3, -0.25) is 4.79 Å². The lowest BCUT2D eigenvalue weighted by Crippen LogP contribution is -2.38. The topological polar surface area (TPSA) is 78.9 Å². The first-order chi connectivity index (χ1) is 13.5. The van der Waals surface area contributed by atoms with Crippen LogP contribution in [0, 0.1) is 0 Å². The molecule has 158 valence electrons. The molecule has 2 rings (SSSR count). The average Bonchev–Trinajstić information content (AvgIpc) is 2.71. The number of carbonyl (C=O) groups excluding carboxylic acids is 1. The molecule has 1 aromatic carbocycles. The maximum Gasteiger partial charge on any atom is 0.253 e. The Bertz CT molecular complexity index is 811. The summed E-state index contributed by atoms with van der Waals surface area (Å²) in [7, 11) is 5.11. The quantitative estimate of drug-likeness (QED) is 0.324. The molecule has 0 radical (unpaired) electrons. The fraction of sp³-hybridized carbons (Fsp3) is 0.381. The number of hydrogen-bond donors (Lipinski definition) is 2. The summed E-state index contributed by atoms with van der Waals surface area (Å²) in [5, 5.41) is 6.56. The van der Waals surface area contributed by atoms with Crippen LogP contribution in [-0.2, 0) is 13.0 Å². The van der Waals surface area contributed by atoms with Gasteiger partial charge in [-0.1, -0.05) is 18.2 Å². The van der Waals surface area contributed by atoms with Gasteiger partial charge in [-0.05, 0) is 37.1 Å². The molecule has 2 aromatic rings. The summed E-state index contributed by atoms with van der Waals surface area (Å²) in [6.45, 7) is 3.96. The Morgan fingerprint density at radius 2 is 1.93 bits per heavy atom. The van der Waals surface area contributed by atoms with E-state index in [4.69, 9.17) is 4.74 Å². The zero-order valence-electron chi connectivity index (χ0n) is 17.4. The van der Waals surface area contributed by atoms with Gasteiger partial charge in [0.15, 0.2) is 5.96 Å². The number of rotatable bonds is 8. The second-order valence-electron chi connectivity index (χ2n) is 6.44. The van der Waals surface area contributed by atoms with E-state index >= 15 is 0 Å². The minimum absolute atomic E-state index is 0. The Morgan fingerprint density at radius 3 is 2.62 bits per heavy atom. The maximum atomic E-state index is 12.1. The van der Waals surface area contributed by atoms with Crippen LogP contribution in [0.25, 0.3) is 0 Å². The van der Waals surface area contributed by atoms with Crippen molar-refractivity contribution in [2.75, 3.05) is 34.3 Å². The molecule has 1 heterocycles. The van der Waals surface area contributed by atoms with Gasteiger partial charge in [0.1, 0.15) is 0 Å². The molecule has 0 aliphatic heterocycles. The number of nitrogens with one attached hydrogen (secondary N) is 2. The molecular formula is C21H30IN5O2. The van der Waals surface area contributed by atoms with Gasteiger partial charge in [-0.2, -0.15) is 0 Å². The van der Waals surface area contributed by atoms with Gasteiger partial charge in [-0.15, -0.1) is 24.0 Å². The van der Waals surface area contributed by atoms with Gasteiger partial charge < -0.3 is 20.3 Å². The number of nitrogens with zero attached hydrogens (tertiary/aromatic N) is 3. The van der Waals surface area contributed by atoms with Gasteiger partial charge in [0.05, 0.1) is 19.3 Å². The van der Waals surface area contributed by atoms with Gasteiger partial charge in [0, 0.05) is 38.8 Å². The van der Waals surface area contributed by atoms with Crippen LogP contribution >= 0.6 is 24.0 Å². The summed E-state index contributed by atoms with van der Waals surface area (Å²) in [5.74, 6) is 1.32. The van der Waals surface area contributed by atoms with Gasteiger partial charge >= 0.3 is 0 Å². The molecule has 0 spiro atoms. The first-order valence-electron chi connectivity index (χ1n) is 9.36. The monoisotopic (exact) mass is 511 g/mol. The van der Waals surface area contributed by atoms with Crippen molar-refractivity contribution in [2.24, 2.45) is 4.99 Å². The molecule has 29 heavy (non-hydrogen) atoms. The minimum Gasteiger partial charge on any atom is -0.481 e. The van der Waals surface area contributed by atoms with Crippen molar-refractivity contribution in [3.05, 3.63) is 59.3 Å². The van der Waals surface area contributed by atoms with Crippen molar-refractivity contribution in [1.82, 2.24) is 20.5 Å². The number of aromatic nitrogens is 1. The molecule has 0 saturated carbocycles. The zero-order valence-corrected chi connectivity index (χ0v) is 19.8. The molecule has 7 nitrogen and oxygen atoms in total. The van der Waals surface area contributed by atoms with Gasteiger partial charge in [-0.25, -0.2) is 9.98 Å². The number of hydrogen-bond acceptors (Lipinski definition) is 4. The highest BCUT2D eigenvalue weighted by Crippen LogP contribution is 2.08. The largest absolute Gasteiger partial charge is 0.481 e. The van der Waals surface area contributed by atoms with Crippen LogP contribution in [0.5, 0.6) is 5.88 Å². The third-order valence-corrected chi connectivity index (χ3v) is 4.02. The van der Waals surface area contributed by atoms with Crippen LogP contribution in [0.1, 0.15) is 28.5 Å². The standard InChI is InChI=1S/C21H29N5O2.HI/c1-5-22-21(24-15-18-10-7-11-19(25-18)28-4)23-13-12-16-8-6-9-17(14-16)20(27)26(2)3;/h6-11,14H,5,12-13,15H2,1-4H3,(H2,22,23,24);1H. The van der Waals surface area contributed by atoms with E-state index in [1.807, 2.05) is 49.4 Å². The average molecular weight is 511 g/mol. The second kappa shape index (κ2) is 13.0. The fourth-order valence-electron chi connectivity index (χ4n) is 2.60. The fourth-order valence-corrected chi connectivity index (χ4v) is 2.60. The van der Waals surface area contributed by atoms with E-state index < -0.39 is 0 Å². The van der Waals surface area contributed by atoms with E-state index in [9.17, 15) is 4.79 Å². The number of carbonyl (C=O) groups is 1. The highest BCUT2D eigenvalue weighted by molar-refractivity contribution is 14.0. The highest BCUT2D eigenvalue weighted by atomic mass is 127. The van der Waals surface area contributed by atoms with Gasteiger partial charge in [0.25, 0.3) is 5.91 Å². The Kier molecular flexibility index (Phi) is 11.0. The summed E-state index contributed by atoms with van der Waals surface area (Å²) >= 11 is 0. The normalized spacial score (nSPS) is 10.7. The zero-order chi connectivity index (χ0) is 20.4. The number of methoxy groups -OCH3 is 1. The van der Waals surface area contributed by atoms with Crippen molar-refractivity contribution in [2.45, 2.75) is 19.9 Å². The predicted molar refractivity (Wildman–Crippen MR) is 127 cm³/mol. The van der Waals surface area contributed by atoms with E-state index in [0.29, 0.717) is 24.5 Å². The van der Waals surface area contributed by atoms with Crippen LogP contribution in [0.15, 0.2) is 47.5 Å². The van der Waals surface area contributed by atoms with Crippen molar-refractivity contribution in [3.63, 3.8) is 0 Å². The van der Waals surface area contributed by atoms with E-state index in [2.05, 4.69) is 20.6 Å². The number of pyridine rings is 1. The highest BCUT2D eigenvalue weighted by Gasteiger charge is 2.08. The molecule has 2 N–H and O–H groups in total. The summed E-state index contributed by atoms with van der Waals surface area (Å²) in [5.41, 5.74) is 2.64. The number of guanidine groups is 1. The Balaban J connectivity index is 0.00000420. The van der Waals surface area contributed by atoms with Crippen LogP contribution in [-0.4, -0.2) is 56.0 Å². The summed E-state index contributed by atoms with van der Waals surface area (Å²) < 4.78 is 5.15. The third kappa shape index (κ3) is 8.26. The molecule has 1 aromatic heterocycles. The minimum atomic E-state index is 0. The Morgan fingerprint density at radius 1 is 1.17 bits per heavy atom. The number of amides is 1. The smallest absolute Gasteiger partial charge is 0.253 e. The summed E-state index contributed by atoms with van der Waals surface area (Å²) in [6.07, 6.45) is 0.788. The lowest BCUT2D eigenvalue weighted by atomic mass is 10.1. The summed E-state index contributed by atoms with van der Waals surface area (Å²) in [4.78, 5) is 22.6. The van der Waals surface area contributed by atoms with E-state index in [1.165, 1.54) is 0 Å². The number of benzene rings is 1. The second-order valence-corrected chi connectivity index (χ2v) is 6.44. The third-order valence-electron chi connectivity index (χ3n) is 4.02. The molecule has 0 atom stereocenters. The van der Waals surface area contributed by atoms with Crippen LogP contribution < -0.4 is 15.4 Å². The molecule has 0 saturated heterocycles. The molecule has 1 amide bonds. The molecule has 0 aliphatic carbocycles. The molecular weight excluding hydrogens is 481 g/mol. The molecule has 0 aliphatic rings. The van der Waals surface area contributed by atoms with Gasteiger partial charge in [0.2, 0.25) is 5.88 Å². The maximum absolute atomic E-state index is 12.1. The number of halogens is 1.